The first kappa shape index (κ1) is 16.6. The van der Waals surface area contributed by atoms with Gasteiger partial charge in [0, 0.05) is 20.0 Å². The number of carbonyl (C=O) groups excluding carboxylic acids is 2. The predicted octanol–water partition coefficient (Wildman–Crippen LogP) is 3.00. The summed E-state index contributed by atoms with van der Waals surface area (Å²) in [4.78, 5) is 30.2. The van der Waals surface area contributed by atoms with Crippen molar-refractivity contribution in [1.82, 2.24) is 4.98 Å². The SMILES string of the molecule is CCOC(=O)c1nc(N(C)C(C)C(C)C)sc1C(C)=O. The van der Waals surface area contributed by atoms with E-state index in [2.05, 4.69) is 25.8 Å². The monoisotopic (exact) mass is 298 g/mol. The Morgan fingerprint density at radius 2 is 1.95 bits per heavy atom. The van der Waals surface area contributed by atoms with Gasteiger partial charge in [-0.25, -0.2) is 9.78 Å². The molecule has 0 amide bonds. The number of rotatable bonds is 6. The summed E-state index contributed by atoms with van der Waals surface area (Å²) in [5.41, 5.74) is 0.127. The molecule has 20 heavy (non-hydrogen) atoms. The lowest BCUT2D eigenvalue weighted by molar-refractivity contribution is 0.0517. The Morgan fingerprint density at radius 3 is 2.40 bits per heavy atom. The molecule has 0 radical (unpaired) electrons. The Balaban J connectivity index is 3.15. The summed E-state index contributed by atoms with van der Waals surface area (Å²) < 4.78 is 4.95. The van der Waals surface area contributed by atoms with Gasteiger partial charge in [-0.3, -0.25) is 4.79 Å². The van der Waals surface area contributed by atoms with Crippen LogP contribution in [0.2, 0.25) is 0 Å². The molecule has 1 aromatic rings. The Kier molecular flexibility index (Phi) is 5.68. The van der Waals surface area contributed by atoms with E-state index in [1.807, 2.05) is 11.9 Å². The standard InChI is InChI=1S/C14H22N2O3S/c1-7-19-13(18)11-12(10(5)17)20-14(15-11)16(6)9(4)8(2)3/h8-9H,7H2,1-6H3. The molecule has 6 heteroatoms. The van der Waals surface area contributed by atoms with Crippen LogP contribution < -0.4 is 4.90 Å². The number of hydrogen-bond acceptors (Lipinski definition) is 6. The van der Waals surface area contributed by atoms with Crippen LogP contribution in [-0.4, -0.2) is 36.4 Å². The molecule has 1 atom stereocenters. The normalized spacial score (nSPS) is 12.3. The zero-order valence-corrected chi connectivity index (χ0v) is 13.7. The van der Waals surface area contributed by atoms with Crippen LogP contribution in [0.25, 0.3) is 0 Å². The Bertz CT molecular complexity index is 497. The zero-order chi connectivity index (χ0) is 15.4. The van der Waals surface area contributed by atoms with Crippen LogP contribution in [0.15, 0.2) is 0 Å². The highest BCUT2D eigenvalue weighted by Crippen LogP contribution is 2.29. The number of nitrogens with zero attached hydrogens (tertiary/aromatic N) is 2. The molecule has 112 valence electrons. The maximum Gasteiger partial charge on any atom is 0.358 e. The Hall–Kier alpha value is -1.43. The maximum atomic E-state index is 11.9. The van der Waals surface area contributed by atoms with Gasteiger partial charge >= 0.3 is 5.97 Å². The number of carbonyl (C=O) groups is 2. The van der Waals surface area contributed by atoms with Gasteiger partial charge in [-0.05, 0) is 19.8 Å². The third-order valence-corrected chi connectivity index (χ3v) is 4.53. The highest BCUT2D eigenvalue weighted by atomic mass is 32.1. The van der Waals surface area contributed by atoms with Crippen molar-refractivity contribution in [3.63, 3.8) is 0 Å². The number of ketones is 1. The molecule has 5 nitrogen and oxygen atoms in total. The molecule has 1 heterocycles. The average molecular weight is 298 g/mol. The predicted molar refractivity (Wildman–Crippen MR) is 80.8 cm³/mol. The van der Waals surface area contributed by atoms with Crippen molar-refractivity contribution >= 4 is 28.2 Å². The minimum atomic E-state index is -0.536. The quantitative estimate of drug-likeness (QED) is 0.597. The number of aromatic nitrogens is 1. The summed E-state index contributed by atoms with van der Waals surface area (Å²) in [7, 11) is 1.92. The lowest BCUT2D eigenvalue weighted by Gasteiger charge is -2.27. The fourth-order valence-corrected chi connectivity index (χ4v) is 2.66. The molecule has 0 bridgehead atoms. The van der Waals surface area contributed by atoms with Crippen molar-refractivity contribution in [3.8, 4) is 0 Å². The van der Waals surface area contributed by atoms with Crippen LogP contribution in [0.1, 0.15) is 54.8 Å². The second kappa shape index (κ2) is 6.83. The first-order chi connectivity index (χ1) is 9.29. The van der Waals surface area contributed by atoms with Gasteiger partial charge in [0.2, 0.25) is 0 Å². The number of thiazole rings is 1. The number of hydrogen-bond donors (Lipinski definition) is 0. The van der Waals surface area contributed by atoms with Crippen molar-refractivity contribution < 1.29 is 14.3 Å². The van der Waals surface area contributed by atoms with Gasteiger partial charge in [-0.15, -0.1) is 0 Å². The Morgan fingerprint density at radius 1 is 1.35 bits per heavy atom. The number of esters is 1. The molecule has 1 rings (SSSR count). The molecule has 0 aliphatic carbocycles. The fourth-order valence-electron chi connectivity index (χ4n) is 1.66. The zero-order valence-electron chi connectivity index (χ0n) is 12.9. The average Bonchev–Trinajstić information content (AvgIpc) is 2.82. The third kappa shape index (κ3) is 3.56. The van der Waals surface area contributed by atoms with Gasteiger partial charge in [-0.1, -0.05) is 25.2 Å². The first-order valence-electron chi connectivity index (χ1n) is 6.71. The van der Waals surface area contributed by atoms with Gasteiger partial charge in [-0.2, -0.15) is 0 Å². The largest absolute Gasteiger partial charge is 0.461 e. The molecule has 0 aliphatic rings. The lowest BCUT2D eigenvalue weighted by atomic mass is 10.1. The second-order valence-corrected chi connectivity index (χ2v) is 6.02. The van der Waals surface area contributed by atoms with Gasteiger partial charge in [0.1, 0.15) is 4.88 Å². The highest BCUT2D eigenvalue weighted by Gasteiger charge is 2.25. The molecule has 0 N–H and O–H groups in total. The van der Waals surface area contributed by atoms with Crippen molar-refractivity contribution in [2.45, 2.75) is 40.7 Å². The van der Waals surface area contributed by atoms with Gasteiger partial charge in [0.05, 0.1) is 6.61 Å². The van der Waals surface area contributed by atoms with Crippen LogP contribution in [0, 0.1) is 5.92 Å². The molecule has 1 unspecified atom stereocenters. The lowest BCUT2D eigenvalue weighted by Crippen LogP contribution is -2.33. The van der Waals surface area contributed by atoms with Crippen molar-refractivity contribution in [2.75, 3.05) is 18.6 Å². The van der Waals surface area contributed by atoms with E-state index in [-0.39, 0.29) is 24.1 Å². The van der Waals surface area contributed by atoms with Crippen molar-refractivity contribution in [2.24, 2.45) is 5.92 Å². The summed E-state index contributed by atoms with van der Waals surface area (Å²) in [6.45, 7) is 9.75. The number of ether oxygens (including phenoxy) is 1. The van der Waals surface area contributed by atoms with E-state index >= 15 is 0 Å². The molecule has 0 saturated carbocycles. The molecule has 0 aliphatic heterocycles. The molecule has 1 aromatic heterocycles. The minimum Gasteiger partial charge on any atom is -0.461 e. The second-order valence-electron chi connectivity index (χ2n) is 5.05. The van der Waals surface area contributed by atoms with Gasteiger partial charge < -0.3 is 9.64 Å². The summed E-state index contributed by atoms with van der Waals surface area (Å²) in [6.07, 6.45) is 0. The Labute approximate surface area is 124 Å². The minimum absolute atomic E-state index is 0.127. The third-order valence-electron chi connectivity index (χ3n) is 3.28. The van der Waals surface area contributed by atoms with E-state index in [4.69, 9.17) is 4.74 Å². The fraction of sp³-hybridized carbons (Fsp3) is 0.643. The molecule has 0 fully saturated rings. The summed E-state index contributed by atoms with van der Waals surface area (Å²) >= 11 is 1.24. The molecular weight excluding hydrogens is 276 g/mol. The van der Waals surface area contributed by atoms with E-state index in [1.54, 1.807) is 6.92 Å². The molecule has 0 aromatic carbocycles. The van der Waals surface area contributed by atoms with Crippen molar-refractivity contribution in [3.05, 3.63) is 10.6 Å². The molecule has 0 spiro atoms. The van der Waals surface area contributed by atoms with Crippen LogP contribution in [0.4, 0.5) is 5.13 Å². The molecule has 0 saturated heterocycles. The van der Waals surface area contributed by atoms with Crippen LogP contribution in [-0.2, 0) is 4.74 Å². The van der Waals surface area contributed by atoms with Crippen LogP contribution in [0.3, 0.4) is 0 Å². The van der Waals surface area contributed by atoms with Crippen LogP contribution >= 0.6 is 11.3 Å². The van der Waals surface area contributed by atoms with E-state index in [9.17, 15) is 9.59 Å². The topological polar surface area (TPSA) is 59.5 Å². The van der Waals surface area contributed by atoms with Gasteiger partial charge in [0.15, 0.2) is 16.6 Å². The van der Waals surface area contributed by atoms with E-state index in [0.29, 0.717) is 15.9 Å². The van der Waals surface area contributed by atoms with E-state index in [1.165, 1.54) is 18.3 Å². The summed E-state index contributed by atoms with van der Waals surface area (Å²) in [5.74, 6) is -0.260. The van der Waals surface area contributed by atoms with E-state index < -0.39 is 5.97 Å². The van der Waals surface area contributed by atoms with Crippen molar-refractivity contribution in [1.29, 1.82) is 0 Å². The summed E-state index contributed by atoms with van der Waals surface area (Å²) in [5, 5.41) is 0.666. The number of anilines is 1. The smallest absolute Gasteiger partial charge is 0.358 e. The number of Topliss-reactive ketones (excluding diaryl/α,β-unsaturated/α-hetero) is 1. The first-order valence-corrected chi connectivity index (χ1v) is 7.52. The van der Waals surface area contributed by atoms with E-state index in [0.717, 1.165) is 0 Å². The highest BCUT2D eigenvalue weighted by molar-refractivity contribution is 7.17. The maximum absolute atomic E-state index is 11.9. The van der Waals surface area contributed by atoms with Gasteiger partial charge in [0.25, 0.3) is 0 Å². The molecular formula is C14H22N2O3S. The van der Waals surface area contributed by atoms with Crippen LogP contribution in [0.5, 0.6) is 0 Å². The summed E-state index contributed by atoms with van der Waals surface area (Å²) in [6, 6.07) is 0.260.